The Balaban J connectivity index is 0.000000222. The molecular weight excluding hydrogens is 694 g/mol. The van der Waals surface area contributed by atoms with Gasteiger partial charge in [-0.3, -0.25) is 0 Å². The average Bonchev–Trinajstić information content (AvgIpc) is 3.29. The van der Waals surface area contributed by atoms with Crippen LogP contribution >= 0.6 is 22.6 Å². The number of aromatic nitrogens is 2. The summed E-state index contributed by atoms with van der Waals surface area (Å²) in [4.78, 5) is 9.04. The molecule has 0 bridgehead atoms. The molecule has 0 saturated carbocycles. The predicted molar refractivity (Wildman–Crippen MR) is 191 cm³/mol. The monoisotopic (exact) mass is 738 g/mol. The topological polar surface area (TPSA) is 81.2 Å². The summed E-state index contributed by atoms with van der Waals surface area (Å²) in [5.41, 5.74) is 4.70. The zero-order chi connectivity index (χ0) is 33.3. The summed E-state index contributed by atoms with van der Waals surface area (Å²) in [6, 6.07) is 24.2. The summed E-state index contributed by atoms with van der Waals surface area (Å²) in [7, 11) is 6.20. The Hall–Kier alpha value is -3.35. The zero-order valence-corrected chi connectivity index (χ0v) is 30.2. The third-order valence-corrected chi connectivity index (χ3v) is 8.92. The van der Waals surface area contributed by atoms with Gasteiger partial charge in [0.1, 0.15) is 11.5 Å². The van der Waals surface area contributed by atoms with Crippen LogP contribution in [0.5, 0.6) is 23.3 Å². The van der Waals surface area contributed by atoms with Gasteiger partial charge >= 0.3 is 7.12 Å². The molecule has 0 radical (unpaired) electrons. The van der Waals surface area contributed by atoms with E-state index in [2.05, 4.69) is 90.6 Å². The number of pyridine rings is 2. The first-order chi connectivity index (χ1) is 21.9. The Kier molecular flexibility index (Phi) is 12.3. The summed E-state index contributed by atoms with van der Waals surface area (Å²) >= 11 is 2.28. The lowest BCUT2D eigenvalue weighted by Crippen LogP contribution is -2.41. The SMILES string of the molecule is COc1ccc(CCc2cc(B3OC(C)(C)C(C)(C)O3)cc(OC)n2)cc1.COc1ccc(CCc2cc(I)cc(OC)n2)cc1. The first-order valence-corrected chi connectivity index (χ1v) is 16.4. The third-order valence-electron chi connectivity index (χ3n) is 8.30. The van der Waals surface area contributed by atoms with Crippen molar-refractivity contribution in [3.05, 3.63) is 98.9 Å². The van der Waals surface area contributed by atoms with Gasteiger partial charge in [0.25, 0.3) is 0 Å². The van der Waals surface area contributed by atoms with Crippen molar-refractivity contribution in [2.75, 3.05) is 28.4 Å². The van der Waals surface area contributed by atoms with Crippen molar-refractivity contribution in [2.45, 2.75) is 64.6 Å². The van der Waals surface area contributed by atoms with Crippen LogP contribution in [0.3, 0.4) is 0 Å². The Morgan fingerprint density at radius 3 is 1.46 bits per heavy atom. The van der Waals surface area contributed by atoms with E-state index in [1.54, 1.807) is 28.4 Å². The first-order valence-electron chi connectivity index (χ1n) is 15.3. The molecule has 0 atom stereocenters. The molecule has 4 aromatic rings. The van der Waals surface area contributed by atoms with Gasteiger partial charge in [0.2, 0.25) is 11.8 Å². The van der Waals surface area contributed by atoms with E-state index in [1.165, 1.54) is 11.1 Å². The summed E-state index contributed by atoms with van der Waals surface area (Å²) < 4.78 is 34.4. The summed E-state index contributed by atoms with van der Waals surface area (Å²) in [6.45, 7) is 8.21. The molecule has 0 aliphatic carbocycles. The van der Waals surface area contributed by atoms with Crippen molar-refractivity contribution in [2.24, 2.45) is 0 Å². The molecular formula is C36H44BIN2O6. The highest BCUT2D eigenvalue weighted by Gasteiger charge is 2.51. The Morgan fingerprint density at radius 1 is 0.587 bits per heavy atom. The zero-order valence-electron chi connectivity index (χ0n) is 28.1. The lowest BCUT2D eigenvalue weighted by atomic mass is 9.79. The second-order valence-electron chi connectivity index (χ2n) is 12.0. The highest BCUT2D eigenvalue weighted by molar-refractivity contribution is 14.1. The molecule has 1 aliphatic rings. The second-order valence-corrected chi connectivity index (χ2v) is 13.3. The van der Waals surface area contributed by atoms with Crippen molar-refractivity contribution in [1.29, 1.82) is 0 Å². The fourth-order valence-corrected chi connectivity index (χ4v) is 5.44. The number of ether oxygens (including phenoxy) is 4. The number of nitrogens with zero attached hydrogens (tertiary/aromatic N) is 2. The van der Waals surface area contributed by atoms with Crippen LogP contribution < -0.4 is 24.4 Å². The van der Waals surface area contributed by atoms with Crippen LogP contribution in [0.2, 0.25) is 0 Å². The highest BCUT2D eigenvalue weighted by atomic mass is 127. The molecule has 1 aliphatic heterocycles. The number of methoxy groups -OCH3 is 4. The van der Waals surface area contributed by atoms with E-state index in [1.807, 2.05) is 42.5 Å². The Labute approximate surface area is 287 Å². The molecule has 2 aromatic heterocycles. The van der Waals surface area contributed by atoms with Crippen LogP contribution in [-0.4, -0.2) is 56.7 Å². The standard InChI is InChI=1S/C21H28BNO4.C15H16INO2/c1-20(2)21(3,4)27-22(26-20)16-13-17(23-19(14-16)25-6)10-7-15-8-11-18(24-5)12-9-15;1-18-14-7-4-11(5-8-14)3-6-13-9-12(16)10-15(17-13)19-2/h8-9,11-14H,7,10H2,1-6H3;4-5,7-10H,3,6H2,1-2H3. The van der Waals surface area contributed by atoms with Crippen molar-refractivity contribution in [3.8, 4) is 23.3 Å². The molecule has 8 nitrogen and oxygen atoms in total. The van der Waals surface area contributed by atoms with E-state index < -0.39 is 7.12 Å². The van der Waals surface area contributed by atoms with Gasteiger partial charge in [-0.15, -0.1) is 0 Å². The van der Waals surface area contributed by atoms with E-state index in [0.29, 0.717) is 11.8 Å². The second kappa shape index (κ2) is 16.0. The van der Waals surface area contributed by atoms with E-state index in [4.69, 9.17) is 28.3 Å². The number of benzene rings is 2. The lowest BCUT2D eigenvalue weighted by molar-refractivity contribution is 0.00578. The highest BCUT2D eigenvalue weighted by Crippen LogP contribution is 2.36. The van der Waals surface area contributed by atoms with Crippen LogP contribution in [0.4, 0.5) is 0 Å². The van der Waals surface area contributed by atoms with Gasteiger partial charge in [-0.25, -0.2) is 9.97 Å². The predicted octanol–water partition coefficient (Wildman–Crippen LogP) is 6.67. The maximum Gasteiger partial charge on any atom is 0.495 e. The average molecular weight is 738 g/mol. The minimum absolute atomic E-state index is 0.378. The van der Waals surface area contributed by atoms with E-state index in [-0.39, 0.29) is 11.2 Å². The quantitative estimate of drug-likeness (QED) is 0.125. The van der Waals surface area contributed by atoms with Crippen LogP contribution in [-0.2, 0) is 35.0 Å². The first kappa shape index (κ1) is 35.5. The number of halogens is 1. The van der Waals surface area contributed by atoms with Crippen molar-refractivity contribution >= 4 is 35.2 Å². The van der Waals surface area contributed by atoms with Crippen LogP contribution in [0.1, 0.15) is 50.2 Å². The number of rotatable bonds is 11. The molecule has 244 valence electrons. The van der Waals surface area contributed by atoms with Crippen molar-refractivity contribution < 1.29 is 28.3 Å². The van der Waals surface area contributed by atoms with Crippen LogP contribution in [0.25, 0.3) is 0 Å². The molecule has 0 N–H and O–H groups in total. The minimum atomic E-state index is -0.424. The van der Waals surface area contributed by atoms with Crippen LogP contribution in [0.15, 0.2) is 72.8 Å². The molecule has 46 heavy (non-hydrogen) atoms. The van der Waals surface area contributed by atoms with E-state index in [0.717, 1.165) is 57.6 Å². The Morgan fingerprint density at radius 2 is 1.02 bits per heavy atom. The lowest BCUT2D eigenvalue weighted by Gasteiger charge is -2.32. The number of hydrogen-bond donors (Lipinski definition) is 0. The largest absolute Gasteiger partial charge is 0.497 e. The normalized spacial score (nSPS) is 14.7. The molecule has 0 spiro atoms. The molecule has 1 saturated heterocycles. The molecule has 0 amide bonds. The van der Waals surface area contributed by atoms with Crippen molar-refractivity contribution in [3.63, 3.8) is 0 Å². The number of aryl methyl sites for hydroxylation is 4. The van der Waals surface area contributed by atoms with Gasteiger partial charge in [-0.1, -0.05) is 24.3 Å². The van der Waals surface area contributed by atoms with Crippen molar-refractivity contribution in [1.82, 2.24) is 9.97 Å². The Bertz CT molecular complexity index is 1550. The fourth-order valence-electron chi connectivity index (χ4n) is 4.82. The molecule has 2 aromatic carbocycles. The maximum absolute atomic E-state index is 6.17. The van der Waals surface area contributed by atoms with Gasteiger partial charge in [0.15, 0.2) is 0 Å². The summed E-state index contributed by atoms with van der Waals surface area (Å²) in [5.74, 6) is 3.00. The van der Waals surface area contributed by atoms with E-state index in [9.17, 15) is 0 Å². The summed E-state index contributed by atoms with van der Waals surface area (Å²) in [6.07, 6.45) is 3.54. The van der Waals surface area contributed by atoms with Gasteiger partial charge in [0, 0.05) is 27.1 Å². The number of hydrogen-bond acceptors (Lipinski definition) is 8. The smallest absolute Gasteiger partial charge is 0.495 e. The summed E-state index contributed by atoms with van der Waals surface area (Å²) in [5, 5.41) is 0. The molecule has 3 heterocycles. The third kappa shape index (κ3) is 9.59. The fraction of sp³-hybridized carbons (Fsp3) is 0.389. The molecule has 10 heteroatoms. The molecule has 0 unspecified atom stereocenters. The van der Waals surface area contributed by atoms with E-state index >= 15 is 0 Å². The maximum atomic E-state index is 6.17. The van der Waals surface area contributed by atoms with Crippen LogP contribution in [0, 0.1) is 3.57 Å². The molecule has 1 fully saturated rings. The van der Waals surface area contributed by atoms with Gasteiger partial charge in [0.05, 0.1) is 39.6 Å². The minimum Gasteiger partial charge on any atom is -0.497 e. The van der Waals surface area contributed by atoms with Gasteiger partial charge < -0.3 is 28.3 Å². The van der Waals surface area contributed by atoms with Gasteiger partial charge in [-0.2, -0.15) is 0 Å². The molecule has 5 rings (SSSR count). The van der Waals surface area contributed by atoms with Gasteiger partial charge in [-0.05, 0) is 129 Å².